The third-order valence-electron chi connectivity index (χ3n) is 4.02. The second-order valence-electron chi connectivity index (χ2n) is 6.80. The normalized spacial score (nSPS) is 17.1. The zero-order chi connectivity index (χ0) is 21.1. The highest BCUT2D eigenvalue weighted by Gasteiger charge is 2.34. The van der Waals surface area contributed by atoms with Crippen molar-refractivity contribution in [2.24, 2.45) is 10.9 Å². The van der Waals surface area contributed by atoms with Gasteiger partial charge in [0.25, 0.3) is 5.91 Å². The first-order valence-corrected chi connectivity index (χ1v) is 12.2. The summed E-state index contributed by atoms with van der Waals surface area (Å²) in [7, 11) is 1.65. The van der Waals surface area contributed by atoms with E-state index < -0.39 is 0 Å². The van der Waals surface area contributed by atoms with Crippen LogP contribution in [-0.4, -0.2) is 29.6 Å². The predicted molar refractivity (Wildman–Crippen MR) is 139 cm³/mol. The molecule has 0 aromatic heterocycles. The van der Waals surface area contributed by atoms with E-state index in [9.17, 15) is 4.79 Å². The summed E-state index contributed by atoms with van der Waals surface area (Å²) in [6.45, 7) is 4.78. The molecule has 2 aromatic carbocycles. The van der Waals surface area contributed by atoms with Crippen molar-refractivity contribution in [3.63, 3.8) is 0 Å². The Morgan fingerprint density at radius 3 is 2.55 bits per heavy atom. The van der Waals surface area contributed by atoms with Gasteiger partial charge < -0.3 is 4.74 Å². The van der Waals surface area contributed by atoms with E-state index in [1.165, 1.54) is 11.8 Å². The third kappa shape index (κ3) is 5.68. The summed E-state index contributed by atoms with van der Waals surface area (Å²) in [5, 5.41) is 1.33. The quantitative estimate of drug-likeness (QED) is 0.263. The van der Waals surface area contributed by atoms with Crippen molar-refractivity contribution in [1.82, 2.24) is 4.90 Å². The van der Waals surface area contributed by atoms with E-state index in [1.807, 2.05) is 30.3 Å². The molecule has 0 bridgehead atoms. The van der Waals surface area contributed by atoms with Crippen LogP contribution >= 0.6 is 68.5 Å². The van der Waals surface area contributed by atoms with Crippen molar-refractivity contribution in [3.05, 3.63) is 59.0 Å². The number of hydrogen-bond acceptors (Lipinski definition) is 4. The van der Waals surface area contributed by atoms with E-state index in [0.717, 1.165) is 24.1 Å². The molecule has 1 aliphatic rings. The number of thioether (sulfide) groups is 1. The maximum Gasteiger partial charge on any atom is 0.266 e. The standard InChI is InChI=1S/C21H19ClI2N2O2S/c1-12(2)11-26-20(27)18(9-13-8-15(23)10-17(24)19(13)28-3)29-21(26)25-16-6-4-14(22)5-7-16/h4-10,12H,11H2,1-3H3/b18-9-,25-21?. The lowest BCUT2D eigenvalue weighted by Gasteiger charge is -2.17. The van der Waals surface area contributed by atoms with Crippen molar-refractivity contribution < 1.29 is 9.53 Å². The highest BCUT2D eigenvalue weighted by atomic mass is 127. The van der Waals surface area contributed by atoms with Crippen molar-refractivity contribution in [1.29, 1.82) is 0 Å². The Morgan fingerprint density at radius 1 is 1.24 bits per heavy atom. The van der Waals surface area contributed by atoms with Crippen LogP contribution in [0.3, 0.4) is 0 Å². The Kier molecular flexibility index (Phi) is 7.91. The topological polar surface area (TPSA) is 41.9 Å². The molecule has 0 N–H and O–H groups in total. The number of carbonyl (C=O) groups excluding carboxylic acids is 1. The largest absolute Gasteiger partial charge is 0.495 e. The van der Waals surface area contributed by atoms with Gasteiger partial charge in [-0.15, -0.1) is 0 Å². The number of hydrogen-bond donors (Lipinski definition) is 0. The lowest BCUT2D eigenvalue weighted by Crippen LogP contribution is -2.32. The number of ether oxygens (including phenoxy) is 1. The van der Waals surface area contributed by atoms with Gasteiger partial charge in [-0.3, -0.25) is 9.69 Å². The molecule has 0 aliphatic carbocycles. The molecule has 2 aromatic rings. The van der Waals surface area contributed by atoms with Gasteiger partial charge in [0, 0.05) is 20.7 Å². The fourth-order valence-electron chi connectivity index (χ4n) is 2.79. The molecule has 1 aliphatic heterocycles. The zero-order valence-corrected chi connectivity index (χ0v) is 22.0. The van der Waals surface area contributed by atoms with Crippen LogP contribution in [-0.2, 0) is 4.79 Å². The molecule has 3 rings (SSSR count). The maximum atomic E-state index is 13.2. The number of methoxy groups -OCH3 is 1. The number of benzene rings is 2. The van der Waals surface area contributed by atoms with Gasteiger partial charge in [-0.2, -0.15) is 0 Å². The van der Waals surface area contributed by atoms with Crippen LogP contribution in [0.2, 0.25) is 5.02 Å². The Balaban J connectivity index is 2.02. The molecule has 0 radical (unpaired) electrons. The summed E-state index contributed by atoms with van der Waals surface area (Å²) in [4.78, 5) is 20.2. The van der Waals surface area contributed by atoms with Gasteiger partial charge in [-0.25, -0.2) is 4.99 Å². The first kappa shape index (κ1) is 22.9. The molecule has 29 heavy (non-hydrogen) atoms. The summed E-state index contributed by atoms with van der Waals surface area (Å²) >= 11 is 11.9. The smallest absolute Gasteiger partial charge is 0.266 e. The minimum Gasteiger partial charge on any atom is -0.495 e. The molecular weight excluding hydrogens is 634 g/mol. The average Bonchev–Trinajstić information content (AvgIpc) is 2.92. The lowest BCUT2D eigenvalue weighted by molar-refractivity contribution is -0.122. The number of amidine groups is 1. The summed E-state index contributed by atoms with van der Waals surface area (Å²) in [5.41, 5.74) is 1.65. The summed E-state index contributed by atoms with van der Waals surface area (Å²) in [6, 6.07) is 11.4. The van der Waals surface area contributed by atoms with E-state index in [4.69, 9.17) is 21.3 Å². The summed E-state index contributed by atoms with van der Waals surface area (Å²) < 4.78 is 7.66. The highest BCUT2D eigenvalue weighted by molar-refractivity contribution is 14.1. The van der Waals surface area contributed by atoms with Crippen LogP contribution in [0, 0.1) is 13.1 Å². The summed E-state index contributed by atoms with van der Waals surface area (Å²) in [6.07, 6.45) is 1.90. The van der Waals surface area contributed by atoms with Crippen LogP contribution < -0.4 is 4.74 Å². The molecule has 1 saturated heterocycles. The molecule has 0 spiro atoms. The van der Waals surface area contributed by atoms with Crippen LogP contribution in [0.4, 0.5) is 5.69 Å². The Hall–Kier alpha value is -0.780. The fraction of sp³-hybridized carbons (Fsp3) is 0.238. The van der Waals surface area contributed by atoms with Gasteiger partial charge in [0.05, 0.1) is 21.3 Å². The third-order valence-corrected chi connectivity index (χ3v) is 6.70. The number of amides is 1. The minimum absolute atomic E-state index is 0.0349. The van der Waals surface area contributed by atoms with Crippen LogP contribution in [0.5, 0.6) is 5.75 Å². The lowest BCUT2D eigenvalue weighted by atomic mass is 10.1. The molecule has 0 atom stereocenters. The van der Waals surface area contributed by atoms with Crippen molar-refractivity contribution >= 4 is 91.4 Å². The van der Waals surface area contributed by atoms with Crippen molar-refractivity contribution in [2.45, 2.75) is 13.8 Å². The van der Waals surface area contributed by atoms with E-state index in [0.29, 0.717) is 27.6 Å². The molecular formula is C21H19ClI2N2O2S. The van der Waals surface area contributed by atoms with Crippen molar-refractivity contribution in [2.75, 3.05) is 13.7 Å². The second-order valence-corrected chi connectivity index (χ2v) is 10.7. The van der Waals surface area contributed by atoms with Gasteiger partial charge in [-0.05, 0) is 105 Å². The highest BCUT2D eigenvalue weighted by Crippen LogP contribution is 2.37. The maximum absolute atomic E-state index is 13.2. The van der Waals surface area contributed by atoms with Gasteiger partial charge >= 0.3 is 0 Å². The number of nitrogens with zero attached hydrogens (tertiary/aromatic N) is 2. The van der Waals surface area contributed by atoms with E-state index >= 15 is 0 Å². The monoisotopic (exact) mass is 652 g/mol. The van der Waals surface area contributed by atoms with Gasteiger partial charge in [0.2, 0.25) is 0 Å². The van der Waals surface area contributed by atoms with E-state index in [1.54, 1.807) is 24.1 Å². The van der Waals surface area contributed by atoms with Gasteiger partial charge in [0.15, 0.2) is 5.17 Å². The average molecular weight is 653 g/mol. The molecule has 0 saturated carbocycles. The molecule has 1 fully saturated rings. The molecule has 0 unspecified atom stereocenters. The first-order valence-electron chi connectivity index (χ1n) is 8.87. The Morgan fingerprint density at radius 2 is 1.93 bits per heavy atom. The molecule has 4 nitrogen and oxygen atoms in total. The van der Waals surface area contributed by atoms with E-state index in [2.05, 4.69) is 59.0 Å². The molecule has 8 heteroatoms. The fourth-order valence-corrected chi connectivity index (χ4v) is 6.02. The van der Waals surface area contributed by atoms with Crippen LogP contribution in [0.1, 0.15) is 19.4 Å². The van der Waals surface area contributed by atoms with E-state index in [-0.39, 0.29) is 5.91 Å². The van der Waals surface area contributed by atoms with Gasteiger partial charge in [0.1, 0.15) is 5.75 Å². The Bertz CT molecular complexity index is 991. The van der Waals surface area contributed by atoms with Gasteiger partial charge in [-0.1, -0.05) is 25.4 Å². The number of aliphatic imine (C=N–C) groups is 1. The number of carbonyl (C=O) groups is 1. The minimum atomic E-state index is -0.0349. The summed E-state index contributed by atoms with van der Waals surface area (Å²) in [5.74, 6) is 1.06. The SMILES string of the molecule is COc1c(I)cc(I)cc1/C=C1\SC(=Nc2ccc(Cl)cc2)N(CC(C)C)C1=O. The van der Waals surface area contributed by atoms with Crippen LogP contribution in [0.25, 0.3) is 6.08 Å². The first-order chi connectivity index (χ1) is 13.8. The zero-order valence-electron chi connectivity index (χ0n) is 16.1. The van der Waals surface area contributed by atoms with Crippen molar-refractivity contribution in [3.8, 4) is 5.75 Å². The molecule has 1 heterocycles. The number of rotatable bonds is 5. The number of halogens is 3. The van der Waals surface area contributed by atoms with Crippen LogP contribution in [0.15, 0.2) is 46.3 Å². The molecule has 1 amide bonds. The second kappa shape index (κ2) is 10.0. The molecule has 152 valence electrons. The predicted octanol–water partition coefficient (Wildman–Crippen LogP) is 6.82. The Labute approximate surface area is 207 Å².